The van der Waals surface area contributed by atoms with E-state index in [2.05, 4.69) is 9.97 Å². The maximum Gasteiger partial charge on any atom is 0.335 e. The molecule has 0 radical (unpaired) electrons. The fraction of sp³-hybridized carbons (Fsp3) is 0. The number of hydrogen-bond donors (Lipinski definition) is 1. The van der Waals surface area contributed by atoms with Crippen molar-refractivity contribution in [2.75, 3.05) is 0 Å². The van der Waals surface area contributed by atoms with Gasteiger partial charge in [-0.05, 0) is 30.3 Å². The highest BCUT2D eigenvalue weighted by Crippen LogP contribution is 2.17. The lowest BCUT2D eigenvalue weighted by Gasteiger charge is -2.04. The molecule has 0 bridgehead atoms. The molecule has 0 atom stereocenters. The van der Waals surface area contributed by atoms with Gasteiger partial charge in [0.2, 0.25) is 0 Å². The predicted molar refractivity (Wildman–Crippen MR) is 65.8 cm³/mol. The zero-order valence-corrected chi connectivity index (χ0v) is 9.32. The van der Waals surface area contributed by atoms with Crippen molar-refractivity contribution in [2.24, 2.45) is 0 Å². The molecule has 0 spiro atoms. The van der Waals surface area contributed by atoms with Gasteiger partial charge in [0, 0.05) is 24.0 Å². The van der Waals surface area contributed by atoms with Crippen LogP contribution >= 0.6 is 0 Å². The Labute approximate surface area is 102 Å². The number of aromatic nitrogens is 3. The Bertz CT molecular complexity index is 734. The highest BCUT2D eigenvalue weighted by atomic mass is 16.4. The van der Waals surface area contributed by atoms with Gasteiger partial charge in [0.15, 0.2) is 0 Å². The molecule has 0 saturated heterocycles. The van der Waals surface area contributed by atoms with Crippen molar-refractivity contribution >= 4 is 17.0 Å². The number of carboxylic acids is 1. The van der Waals surface area contributed by atoms with Gasteiger partial charge in [0.05, 0.1) is 5.56 Å². The van der Waals surface area contributed by atoms with E-state index in [0.29, 0.717) is 5.82 Å². The first kappa shape index (κ1) is 10.5. The van der Waals surface area contributed by atoms with E-state index >= 15 is 0 Å². The van der Waals surface area contributed by atoms with Gasteiger partial charge in [-0.15, -0.1) is 0 Å². The summed E-state index contributed by atoms with van der Waals surface area (Å²) >= 11 is 0. The molecule has 0 aromatic carbocycles. The van der Waals surface area contributed by atoms with Gasteiger partial charge in [-0.25, -0.2) is 14.8 Å². The summed E-state index contributed by atoms with van der Waals surface area (Å²) in [6.45, 7) is 0. The summed E-state index contributed by atoms with van der Waals surface area (Å²) in [5.74, 6) is -0.424. The lowest BCUT2D eigenvalue weighted by atomic mass is 10.2. The highest BCUT2D eigenvalue weighted by molar-refractivity contribution is 5.88. The van der Waals surface area contributed by atoms with Crippen LogP contribution in [-0.4, -0.2) is 25.6 Å². The molecule has 3 rings (SSSR count). The molecule has 1 N–H and O–H groups in total. The average molecular weight is 239 g/mol. The Hall–Kier alpha value is -2.69. The zero-order valence-electron chi connectivity index (χ0n) is 9.32. The van der Waals surface area contributed by atoms with Gasteiger partial charge in [-0.3, -0.25) is 4.57 Å². The van der Waals surface area contributed by atoms with Gasteiger partial charge in [-0.2, -0.15) is 0 Å². The molecule has 5 nitrogen and oxygen atoms in total. The van der Waals surface area contributed by atoms with E-state index in [0.717, 1.165) is 11.0 Å². The van der Waals surface area contributed by atoms with Crippen LogP contribution in [0.15, 0.2) is 48.9 Å². The molecule has 3 aromatic rings. The lowest BCUT2D eigenvalue weighted by Crippen LogP contribution is -2.01. The standard InChI is InChI=1S/C13H9N3O2/c17-13(18)10-3-6-14-11(8-10)16-7-4-9-2-1-5-15-12(9)16/h1-8H,(H,17,18). The fourth-order valence-corrected chi connectivity index (χ4v) is 1.83. The topological polar surface area (TPSA) is 68.0 Å². The van der Waals surface area contributed by atoms with Crippen LogP contribution in [0.2, 0.25) is 0 Å². The number of hydrogen-bond acceptors (Lipinski definition) is 3. The number of fused-ring (bicyclic) bond motifs is 1. The van der Waals surface area contributed by atoms with Crippen molar-refractivity contribution in [1.82, 2.24) is 14.5 Å². The van der Waals surface area contributed by atoms with Gasteiger partial charge in [0.1, 0.15) is 11.5 Å². The van der Waals surface area contributed by atoms with Crippen LogP contribution in [0, 0.1) is 0 Å². The second kappa shape index (κ2) is 3.96. The Balaban J connectivity index is 2.20. The first-order chi connectivity index (χ1) is 8.75. The molecule has 88 valence electrons. The average Bonchev–Trinajstić information content (AvgIpc) is 2.82. The van der Waals surface area contributed by atoms with E-state index in [-0.39, 0.29) is 5.56 Å². The summed E-state index contributed by atoms with van der Waals surface area (Å²) in [5, 5.41) is 9.95. The third-order valence-electron chi connectivity index (χ3n) is 2.69. The molecule has 0 unspecified atom stereocenters. The molecular weight excluding hydrogens is 230 g/mol. The predicted octanol–water partition coefficient (Wildman–Crippen LogP) is 2.12. The Morgan fingerprint density at radius 3 is 2.89 bits per heavy atom. The van der Waals surface area contributed by atoms with E-state index in [1.165, 1.54) is 18.3 Å². The van der Waals surface area contributed by atoms with E-state index < -0.39 is 5.97 Å². The third-order valence-corrected chi connectivity index (χ3v) is 2.69. The van der Waals surface area contributed by atoms with Crippen LogP contribution in [0.5, 0.6) is 0 Å². The molecule has 0 aliphatic rings. The largest absolute Gasteiger partial charge is 0.478 e. The number of rotatable bonds is 2. The molecule has 0 aliphatic heterocycles. The van der Waals surface area contributed by atoms with Gasteiger partial charge in [0.25, 0.3) is 0 Å². The molecule has 0 fully saturated rings. The van der Waals surface area contributed by atoms with Crippen molar-refractivity contribution in [2.45, 2.75) is 0 Å². The molecule has 3 aromatic heterocycles. The van der Waals surface area contributed by atoms with E-state index in [1.54, 1.807) is 10.8 Å². The molecule has 3 heterocycles. The lowest BCUT2D eigenvalue weighted by molar-refractivity contribution is 0.0696. The van der Waals surface area contributed by atoms with Crippen molar-refractivity contribution < 1.29 is 9.90 Å². The van der Waals surface area contributed by atoms with Crippen LogP contribution in [-0.2, 0) is 0 Å². The van der Waals surface area contributed by atoms with Crippen LogP contribution in [0.25, 0.3) is 16.9 Å². The summed E-state index contributed by atoms with van der Waals surface area (Å²) in [4.78, 5) is 19.4. The first-order valence-corrected chi connectivity index (χ1v) is 5.37. The second-order valence-electron chi connectivity index (χ2n) is 3.81. The fourth-order valence-electron chi connectivity index (χ4n) is 1.83. The monoisotopic (exact) mass is 239 g/mol. The van der Waals surface area contributed by atoms with E-state index in [4.69, 9.17) is 5.11 Å². The van der Waals surface area contributed by atoms with Gasteiger partial charge >= 0.3 is 5.97 Å². The van der Waals surface area contributed by atoms with Crippen molar-refractivity contribution in [3.8, 4) is 5.82 Å². The molecule has 0 amide bonds. The van der Waals surface area contributed by atoms with Gasteiger partial charge in [-0.1, -0.05) is 0 Å². The first-order valence-electron chi connectivity index (χ1n) is 5.37. The minimum Gasteiger partial charge on any atom is -0.478 e. The number of carboxylic acid groups (broad SMARTS) is 1. The third kappa shape index (κ3) is 1.62. The smallest absolute Gasteiger partial charge is 0.335 e. The number of carbonyl (C=O) groups is 1. The van der Waals surface area contributed by atoms with E-state index in [1.807, 2.05) is 24.4 Å². The van der Waals surface area contributed by atoms with Crippen molar-refractivity contribution in [3.63, 3.8) is 0 Å². The zero-order chi connectivity index (χ0) is 12.5. The Morgan fingerprint density at radius 2 is 2.06 bits per heavy atom. The Kier molecular flexibility index (Phi) is 2.30. The summed E-state index contributed by atoms with van der Waals surface area (Å²) < 4.78 is 1.77. The van der Waals surface area contributed by atoms with Crippen LogP contribution in [0.3, 0.4) is 0 Å². The van der Waals surface area contributed by atoms with E-state index in [9.17, 15) is 4.79 Å². The maximum absolute atomic E-state index is 10.9. The summed E-state index contributed by atoms with van der Waals surface area (Å²) in [5.41, 5.74) is 0.963. The van der Waals surface area contributed by atoms with Crippen LogP contribution < -0.4 is 0 Å². The van der Waals surface area contributed by atoms with Crippen molar-refractivity contribution in [3.05, 3.63) is 54.5 Å². The van der Waals surface area contributed by atoms with Gasteiger partial charge < -0.3 is 5.11 Å². The van der Waals surface area contributed by atoms with Crippen LogP contribution in [0.4, 0.5) is 0 Å². The maximum atomic E-state index is 10.9. The normalized spacial score (nSPS) is 10.7. The molecule has 0 aliphatic carbocycles. The molecule has 0 saturated carbocycles. The molecular formula is C13H9N3O2. The second-order valence-corrected chi connectivity index (χ2v) is 3.81. The quantitative estimate of drug-likeness (QED) is 0.743. The minimum atomic E-state index is -0.969. The number of pyridine rings is 2. The summed E-state index contributed by atoms with van der Waals surface area (Å²) in [7, 11) is 0. The number of aromatic carboxylic acids is 1. The SMILES string of the molecule is O=C(O)c1ccnc(-n2ccc3cccnc32)c1. The molecule has 18 heavy (non-hydrogen) atoms. The summed E-state index contributed by atoms with van der Waals surface area (Å²) in [6, 6.07) is 8.70. The van der Waals surface area contributed by atoms with Crippen LogP contribution in [0.1, 0.15) is 10.4 Å². The van der Waals surface area contributed by atoms with Crippen molar-refractivity contribution in [1.29, 1.82) is 0 Å². The number of nitrogens with zero attached hydrogens (tertiary/aromatic N) is 3. The summed E-state index contributed by atoms with van der Waals surface area (Å²) in [6.07, 6.45) is 5.00. The highest BCUT2D eigenvalue weighted by Gasteiger charge is 2.08. The molecule has 5 heteroatoms. The Morgan fingerprint density at radius 1 is 1.17 bits per heavy atom. The minimum absolute atomic E-state index is 0.206.